The number of hydrogen-bond donors (Lipinski definition) is 2. The maximum atomic E-state index is 13.0. The quantitative estimate of drug-likeness (QED) is 0.497. The Morgan fingerprint density at radius 3 is 2.91 bits per heavy atom. The van der Waals surface area contributed by atoms with E-state index in [9.17, 15) is 14.4 Å². The van der Waals surface area contributed by atoms with E-state index in [1.807, 2.05) is 12.1 Å². The molecule has 0 aliphatic carbocycles. The summed E-state index contributed by atoms with van der Waals surface area (Å²) in [6.07, 6.45) is 4.49. The minimum Gasteiger partial charge on any atom is -0.368 e. The number of carbonyl (C=O) groups excluding carboxylic acids is 3. The number of anilines is 2. The molecule has 10 nitrogen and oxygen atoms in total. The van der Waals surface area contributed by atoms with Crippen molar-refractivity contribution in [3.8, 4) is 6.07 Å². The van der Waals surface area contributed by atoms with Crippen LogP contribution in [0.5, 0.6) is 0 Å². The lowest BCUT2D eigenvalue weighted by Gasteiger charge is -2.29. The van der Waals surface area contributed by atoms with Gasteiger partial charge in [0.05, 0.1) is 5.56 Å². The van der Waals surface area contributed by atoms with Crippen LogP contribution in [0.15, 0.2) is 23.2 Å². The summed E-state index contributed by atoms with van der Waals surface area (Å²) in [5, 5.41) is 11.7. The number of rotatable bonds is 5. The van der Waals surface area contributed by atoms with Crippen molar-refractivity contribution in [1.29, 1.82) is 5.26 Å². The first kappa shape index (κ1) is 23.7. The molecule has 4 heterocycles. The Morgan fingerprint density at radius 1 is 1.41 bits per heavy atom. The molecular formula is C23H24N6O4S. The third-order valence-electron chi connectivity index (χ3n) is 5.86. The van der Waals surface area contributed by atoms with Gasteiger partial charge in [0.1, 0.15) is 29.5 Å². The Labute approximate surface area is 202 Å². The minimum atomic E-state index is -0.450. The van der Waals surface area contributed by atoms with Crippen molar-refractivity contribution in [1.82, 2.24) is 14.9 Å². The van der Waals surface area contributed by atoms with E-state index in [1.54, 1.807) is 11.9 Å². The Morgan fingerprint density at radius 2 is 2.24 bits per heavy atom. The first-order chi connectivity index (χ1) is 16.4. The number of amides is 3. The van der Waals surface area contributed by atoms with Gasteiger partial charge in [-0.15, -0.1) is 12.6 Å². The van der Waals surface area contributed by atoms with Crippen molar-refractivity contribution in [2.45, 2.75) is 43.2 Å². The van der Waals surface area contributed by atoms with Gasteiger partial charge in [0.2, 0.25) is 0 Å². The number of likely N-dealkylation sites (N-methyl/N-ethyl adjacent to an activating group) is 1. The van der Waals surface area contributed by atoms with E-state index in [4.69, 9.17) is 10.00 Å². The molecule has 11 heteroatoms. The molecule has 176 valence electrons. The van der Waals surface area contributed by atoms with Crippen LogP contribution in [0, 0.1) is 11.3 Å². The first-order valence-electron chi connectivity index (χ1n) is 10.9. The van der Waals surface area contributed by atoms with Crippen molar-refractivity contribution in [3.05, 3.63) is 40.7 Å². The highest BCUT2D eigenvalue weighted by Gasteiger charge is 2.29. The minimum absolute atomic E-state index is 0.119. The van der Waals surface area contributed by atoms with Crippen molar-refractivity contribution in [3.63, 3.8) is 0 Å². The molecule has 3 amide bonds. The molecule has 0 bridgehead atoms. The molecule has 2 aromatic heterocycles. The summed E-state index contributed by atoms with van der Waals surface area (Å²) in [5.74, 6) is 0.539. The molecule has 1 atom stereocenters. The van der Waals surface area contributed by atoms with Crippen LogP contribution >= 0.6 is 12.6 Å². The van der Waals surface area contributed by atoms with Crippen LogP contribution in [0.4, 0.5) is 16.4 Å². The number of fused-ring (bicyclic) bond motifs is 1. The number of carbonyl (C=O) groups is 3. The van der Waals surface area contributed by atoms with E-state index in [1.165, 1.54) is 17.2 Å². The molecule has 4 rings (SSSR count). The van der Waals surface area contributed by atoms with Gasteiger partial charge < -0.3 is 9.64 Å². The van der Waals surface area contributed by atoms with Gasteiger partial charge in [0, 0.05) is 43.4 Å². The third-order valence-corrected chi connectivity index (χ3v) is 6.23. The van der Waals surface area contributed by atoms with Crippen LogP contribution < -0.4 is 10.2 Å². The third kappa shape index (κ3) is 4.88. The van der Waals surface area contributed by atoms with Gasteiger partial charge in [-0.2, -0.15) is 5.26 Å². The molecule has 1 fully saturated rings. The number of urea groups is 1. The molecular weight excluding hydrogens is 456 g/mol. The standard InChI is InChI=1S/C23H24N6O4S/c1-28(22(31)18-5-3-7-33-18)12-15-8-14-4-2-6-29(21(14)26-17(15)13-30)23(32)27-20-9-19(34)16(10-24)11-25-20/h8-9,11,13,18H,2-7,12H2,1H3,(H2,25,27,32,34). The summed E-state index contributed by atoms with van der Waals surface area (Å²) in [7, 11) is 1.68. The van der Waals surface area contributed by atoms with Crippen LogP contribution in [0.2, 0.25) is 0 Å². The predicted molar refractivity (Wildman–Crippen MR) is 126 cm³/mol. The molecule has 0 spiro atoms. The first-order valence-corrected chi connectivity index (χ1v) is 11.4. The summed E-state index contributed by atoms with van der Waals surface area (Å²) in [6, 6.07) is 4.86. The summed E-state index contributed by atoms with van der Waals surface area (Å²) in [4.78, 5) is 49.4. The Hall–Kier alpha value is -3.49. The molecule has 1 unspecified atom stereocenters. The highest BCUT2D eigenvalue weighted by molar-refractivity contribution is 7.80. The number of aromatic nitrogens is 2. The number of nitrogens with zero attached hydrogens (tertiary/aromatic N) is 5. The monoisotopic (exact) mass is 480 g/mol. The second-order valence-corrected chi connectivity index (χ2v) is 8.69. The number of nitriles is 1. The highest BCUT2D eigenvalue weighted by Crippen LogP contribution is 2.29. The summed E-state index contributed by atoms with van der Waals surface area (Å²) < 4.78 is 5.48. The van der Waals surface area contributed by atoms with Crippen LogP contribution in [0.25, 0.3) is 0 Å². The topological polar surface area (TPSA) is 129 Å². The normalized spacial score (nSPS) is 17.0. The number of ether oxygens (including phenoxy) is 1. The Balaban J connectivity index is 1.54. The fourth-order valence-electron chi connectivity index (χ4n) is 4.11. The molecule has 0 aromatic carbocycles. The Kier molecular flexibility index (Phi) is 7.09. The average molecular weight is 481 g/mol. The fraction of sp³-hybridized carbons (Fsp3) is 0.391. The lowest BCUT2D eigenvalue weighted by molar-refractivity contribution is -0.140. The molecule has 1 N–H and O–H groups in total. The van der Waals surface area contributed by atoms with Gasteiger partial charge in [-0.3, -0.25) is 19.8 Å². The van der Waals surface area contributed by atoms with Gasteiger partial charge >= 0.3 is 6.03 Å². The smallest absolute Gasteiger partial charge is 0.328 e. The van der Waals surface area contributed by atoms with Crippen LogP contribution in [-0.4, -0.2) is 59.4 Å². The fourth-order valence-corrected chi connectivity index (χ4v) is 4.34. The average Bonchev–Trinajstić information content (AvgIpc) is 3.37. The largest absolute Gasteiger partial charge is 0.368 e. The van der Waals surface area contributed by atoms with E-state index in [0.29, 0.717) is 60.5 Å². The Bertz CT molecular complexity index is 1170. The molecule has 0 radical (unpaired) electrons. The molecule has 0 saturated carbocycles. The number of nitrogens with one attached hydrogen (secondary N) is 1. The van der Waals surface area contributed by atoms with Crippen molar-refractivity contribution in [2.75, 3.05) is 30.4 Å². The number of thiol groups is 1. The van der Waals surface area contributed by atoms with Gasteiger partial charge in [-0.05, 0) is 43.4 Å². The van der Waals surface area contributed by atoms with E-state index in [2.05, 4.69) is 27.9 Å². The summed E-state index contributed by atoms with van der Waals surface area (Å²) in [6.45, 7) is 1.22. The van der Waals surface area contributed by atoms with Crippen molar-refractivity contribution in [2.24, 2.45) is 0 Å². The molecule has 2 aliphatic heterocycles. The molecule has 2 aromatic rings. The SMILES string of the molecule is CN(Cc1cc2c(nc1C=O)N(C(=O)Nc1cc(S)c(C#N)cn1)CCC2)C(=O)C1CCCO1. The van der Waals surface area contributed by atoms with E-state index in [0.717, 1.165) is 12.0 Å². The maximum Gasteiger partial charge on any atom is 0.328 e. The number of pyridine rings is 2. The van der Waals surface area contributed by atoms with Gasteiger partial charge in [-0.25, -0.2) is 14.8 Å². The van der Waals surface area contributed by atoms with Crippen molar-refractivity contribution < 1.29 is 19.1 Å². The van der Waals surface area contributed by atoms with E-state index in [-0.39, 0.29) is 24.0 Å². The number of aryl methyl sites for hydroxylation is 1. The predicted octanol–water partition coefficient (Wildman–Crippen LogP) is 2.57. The zero-order valence-electron chi connectivity index (χ0n) is 18.7. The second kappa shape index (κ2) is 10.2. The van der Waals surface area contributed by atoms with Crippen LogP contribution in [0.3, 0.4) is 0 Å². The lowest BCUT2D eigenvalue weighted by atomic mass is 10.0. The van der Waals surface area contributed by atoms with Gasteiger partial charge in [0.15, 0.2) is 6.29 Å². The maximum absolute atomic E-state index is 13.0. The zero-order valence-corrected chi connectivity index (χ0v) is 19.5. The van der Waals surface area contributed by atoms with Crippen LogP contribution in [0.1, 0.15) is 46.4 Å². The molecule has 2 aliphatic rings. The van der Waals surface area contributed by atoms with Gasteiger partial charge in [0.25, 0.3) is 5.91 Å². The summed E-state index contributed by atoms with van der Waals surface area (Å²) >= 11 is 4.23. The van der Waals surface area contributed by atoms with Gasteiger partial charge in [-0.1, -0.05) is 0 Å². The molecule has 34 heavy (non-hydrogen) atoms. The van der Waals surface area contributed by atoms with E-state index < -0.39 is 12.1 Å². The highest BCUT2D eigenvalue weighted by atomic mass is 32.1. The number of aldehydes is 1. The second-order valence-electron chi connectivity index (χ2n) is 8.21. The van der Waals surface area contributed by atoms with Crippen LogP contribution in [-0.2, 0) is 22.5 Å². The molecule has 1 saturated heterocycles. The lowest BCUT2D eigenvalue weighted by Crippen LogP contribution is -2.40. The summed E-state index contributed by atoms with van der Waals surface area (Å²) in [5.41, 5.74) is 1.93. The zero-order chi connectivity index (χ0) is 24.2. The number of hydrogen-bond acceptors (Lipinski definition) is 8. The van der Waals surface area contributed by atoms with Crippen molar-refractivity contribution >= 4 is 42.5 Å². The van der Waals surface area contributed by atoms with E-state index >= 15 is 0 Å².